The molecule has 109 heavy (non-hydrogen) atoms. The fraction of sp³-hybridized carbons (Fsp3) is 0.183. The Morgan fingerprint density at radius 2 is 0.844 bits per heavy atom. The van der Waals surface area contributed by atoms with Gasteiger partial charge in [-0.05, 0) is 131 Å². The lowest BCUT2D eigenvalue weighted by atomic mass is 10.2. The lowest BCUT2D eigenvalue weighted by Crippen LogP contribution is -2.41. The van der Waals surface area contributed by atoms with Gasteiger partial charge in [-0.2, -0.15) is 53.0 Å². The van der Waals surface area contributed by atoms with Crippen LogP contribution in [0.5, 0.6) is 0 Å². The molecule has 0 unspecified atom stereocenters. The number of nitrogens with one attached hydrogen (secondary N) is 5. The number of carbonyl (C=O) groups excluding carboxylic acids is 6. The van der Waals surface area contributed by atoms with Crippen LogP contribution in [0.15, 0.2) is 165 Å². The van der Waals surface area contributed by atoms with Crippen LogP contribution in [-0.4, -0.2) is 173 Å². The van der Waals surface area contributed by atoms with Crippen molar-refractivity contribution < 1.29 is 46.7 Å². The van der Waals surface area contributed by atoms with Gasteiger partial charge in [-0.3, -0.25) is 79.9 Å². The maximum Gasteiger partial charge on any atom is 0.433 e. The fourth-order valence-electron chi connectivity index (χ4n) is 9.28. The molecule has 13 rings (SSSR count). The molecular weight excluding hydrogens is 1440 g/mol. The van der Waals surface area contributed by atoms with Crippen LogP contribution in [0.4, 0.5) is 42.8 Å². The highest BCUT2D eigenvalue weighted by Gasteiger charge is 2.34. The highest BCUT2D eigenvalue weighted by Crippen LogP contribution is 2.30. The molecule has 1 aliphatic heterocycles. The average molecular weight is 1500 g/mol. The summed E-state index contributed by atoms with van der Waals surface area (Å²) in [6.45, 7) is 13.4. The number of hydrogen-bond donors (Lipinski definition) is 6. The third-order valence-corrected chi connectivity index (χ3v) is 14.7. The van der Waals surface area contributed by atoms with Crippen LogP contribution in [0.25, 0.3) is 46.1 Å². The molecule has 6 amide bonds. The Bertz CT molecular complexity index is 5200. The molecule has 34 nitrogen and oxygen atoms in total. The second-order valence-electron chi connectivity index (χ2n) is 23.1. The van der Waals surface area contributed by atoms with Crippen molar-refractivity contribution >= 4 is 76.7 Å². The lowest BCUT2D eigenvalue weighted by molar-refractivity contribution is -0.141. The van der Waals surface area contributed by atoms with Crippen molar-refractivity contribution in [1.82, 2.24) is 110 Å². The number of aryl methyl sites for hydroxylation is 4. The van der Waals surface area contributed by atoms with Gasteiger partial charge >= 0.3 is 6.18 Å². The topological polar surface area (TPSA) is 459 Å². The molecule has 38 heteroatoms. The van der Waals surface area contributed by atoms with Crippen molar-refractivity contribution in [2.24, 2.45) is 5.92 Å². The number of amides is 6. The Morgan fingerprint density at radius 3 is 1.20 bits per heavy atom. The fourth-order valence-corrected chi connectivity index (χ4v) is 9.52. The van der Waals surface area contributed by atoms with E-state index in [1.807, 2.05) is 32.0 Å². The Labute approximate surface area is 622 Å². The van der Waals surface area contributed by atoms with Crippen molar-refractivity contribution in [3.63, 3.8) is 0 Å². The highest BCUT2D eigenvalue weighted by atomic mass is 35.5. The third-order valence-electron chi connectivity index (χ3n) is 14.4. The number of nitrogens with zero attached hydrogens (tertiary/aromatic N) is 21. The van der Waals surface area contributed by atoms with Crippen LogP contribution < -0.4 is 32.3 Å². The maximum atomic E-state index is 12.6. The summed E-state index contributed by atoms with van der Waals surface area (Å²) in [6, 6.07) is 32.2. The number of halogens is 4. The Kier molecular flexibility index (Phi) is 26.0. The van der Waals surface area contributed by atoms with Gasteiger partial charge < -0.3 is 20.7 Å². The third kappa shape index (κ3) is 22.2. The number of morpholine rings is 1. The predicted octanol–water partition coefficient (Wildman–Crippen LogP) is 8.67. The van der Waals surface area contributed by atoms with Gasteiger partial charge in [0.15, 0.2) is 23.3 Å². The first kappa shape index (κ1) is 77.5. The van der Waals surface area contributed by atoms with Crippen molar-refractivity contribution in [3.05, 3.63) is 232 Å². The summed E-state index contributed by atoms with van der Waals surface area (Å²) < 4.78 is 43.2. The van der Waals surface area contributed by atoms with Crippen LogP contribution in [0.3, 0.4) is 0 Å². The van der Waals surface area contributed by atoms with Gasteiger partial charge in [-0.25, -0.2) is 29.9 Å². The van der Waals surface area contributed by atoms with Crippen molar-refractivity contribution in [2.75, 3.05) is 59.8 Å². The van der Waals surface area contributed by atoms with E-state index in [0.717, 1.165) is 6.07 Å². The first-order valence-electron chi connectivity index (χ1n) is 32.7. The number of alkyl halides is 3. The second-order valence-corrected chi connectivity index (χ2v) is 23.5. The first-order valence-corrected chi connectivity index (χ1v) is 33.1. The molecule has 1 fully saturated rings. The molecule has 0 spiro atoms. The van der Waals surface area contributed by atoms with Gasteiger partial charge in [0.1, 0.15) is 74.1 Å². The molecule has 1 aliphatic rings. The summed E-state index contributed by atoms with van der Waals surface area (Å²) in [5, 5.41) is 12.4. The number of anilines is 5. The molecule has 552 valence electrons. The zero-order valence-electron chi connectivity index (χ0n) is 58.5. The number of aromatic nitrogens is 20. The van der Waals surface area contributed by atoms with Crippen LogP contribution >= 0.6 is 11.6 Å². The summed E-state index contributed by atoms with van der Waals surface area (Å²) in [6.07, 6.45) is 6.02. The number of ether oxygens (including phenoxy) is 1. The quantitative estimate of drug-likeness (QED) is 0.0492. The minimum absolute atomic E-state index is 0.0934. The second kappa shape index (κ2) is 36.6. The molecule has 7 N–H and O–H groups in total. The minimum atomic E-state index is -4.67. The molecule has 0 bridgehead atoms. The number of nitrogens with two attached hydrogens (primary N) is 1. The molecule has 12 aromatic rings. The van der Waals surface area contributed by atoms with E-state index in [4.69, 9.17) is 22.1 Å². The molecule has 1 saturated heterocycles. The Balaban J connectivity index is 0.000000156. The summed E-state index contributed by atoms with van der Waals surface area (Å²) >= 11 is 5.72. The lowest BCUT2D eigenvalue weighted by Gasteiger charge is -2.26. The number of hydrogen-bond acceptors (Lipinski definition) is 28. The van der Waals surface area contributed by atoms with Crippen LogP contribution in [0.1, 0.15) is 105 Å². The summed E-state index contributed by atoms with van der Waals surface area (Å²) in [5.74, 6) is 1.18. The maximum absolute atomic E-state index is 12.6. The van der Waals surface area contributed by atoms with E-state index < -0.39 is 40.7 Å². The summed E-state index contributed by atoms with van der Waals surface area (Å²) in [7, 11) is 0. The van der Waals surface area contributed by atoms with Gasteiger partial charge in [0.2, 0.25) is 23.8 Å². The molecule has 12 aromatic heterocycles. The monoisotopic (exact) mass is 1500 g/mol. The highest BCUT2D eigenvalue weighted by molar-refractivity contribution is 6.33. The molecule has 13 heterocycles. The zero-order valence-corrected chi connectivity index (χ0v) is 59.3. The SMILES string of the molecule is Cc1nc(NC(=O)c2ccc(C(=O)N3CCOCC3)nc2)nc(-c2ccccn2)n1.Cc1nc(NC(=O)c2ccc(C(=O)NCC(C)C)nc2)nc(-c2ccccn2)n1.Cc1nc(NC(=O)c2ccc(C(F)(F)F)nc2Cl)nc(-c2ccccn2)n1.Cc1nc(NC(=O)c2cccnc2N)nc(-c2ccccn2)n1. The summed E-state index contributed by atoms with van der Waals surface area (Å²) in [5.41, 5.74) is 7.80. The molecule has 0 aliphatic carbocycles. The minimum Gasteiger partial charge on any atom is -0.383 e. The van der Waals surface area contributed by atoms with E-state index >= 15 is 0 Å². The van der Waals surface area contributed by atoms with E-state index in [2.05, 4.69) is 126 Å². The molecule has 0 saturated carbocycles. The van der Waals surface area contributed by atoms with E-state index in [9.17, 15) is 41.9 Å². The van der Waals surface area contributed by atoms with E-state index in [0.29, 0.717) is 108 Å². The number of pyridine rings is 8. The van der Waals surface area contributed by atoms with E-state index in [1.54, 1.807) is 130 Å². The molecule has 0 atom stereocenters. The van der Waals surface area contributed by atoms with Crippen molar-refractivity contribution in [2.45, 2.75) is 47.7 Å². The van der Waals surface area contributed by atoms with Gasteiger partial charge in [0.05, 0.1) is 35.5 Å². The molecule has 0 radical (unpaired) electrons. The largest absolute Gasteiger partial charge is 0.433 e. The Hall–Kier alpha value is -14.1. The van der Waals surface area contributed by atoms with E-state index in [-0.39, 0.29) is 80.9 Å². The van der Waals surface area contributed by atoms with E-state index in [1.165, 1.54) is 36.8 Å². The van der Waals surface area contributed by atoms with Gasteiger partial charge in [0, 0.05) is 63.0 Å². The van der Waals surface area contributed by atoms with Gasteiger partial charge in [0.25, 0.3) is 35.4 Å². The zero-order chi connectivity index (χ0) is 77.6. The molecular formula is C71H63ClF3N27O7. The number of carbonyl (C=O) groups is 6. The van der Waals surface area contributed by atoms with Gasteiger partial charge in [-0.15, -0.1) is 0 Å². The molecule has 0 aromatic carbocycles. The van der Waals surface area contributed by atoms with Gasteiger partial charge in [-0.1, -0.05) is 49.7 Å². The number of nitrogen functional groups attached to an aromatic ring is 1. The van der Waals surface area contributed by atoms with Crippen molar-refractivity contribution in [3.8, 4) is 46.1 Å². The van der Waals surface area contributed by atoms with Crippen LogP contribution in [0.2, 0.25) is 5.15 Å². The predicted molar refractivity (Wildman–Crippen MR) is 388 cm³/mol. The van der Waals surface area contributed by atoms with Crippen LogP contribution in [-0.2, 0) is 10.9 Å². The smallest absolute Gasteiger partial charge is 0.383 e. The number of rotatable bonds is 16. The average Bonchev–Trinajstić information content (AvgIpc) is 0.833. The first-order chi connectivity index (χ1) is 52.4. The Morgan fingerprint density at radius 1 is 0.450 bits per heavy atom. The normalized spacial score (nSPS) is 11.6. The van der Waals surface area contributed by atoms with Crippen molar-refractivity contribution in [1.29, 1.82) is 0 Å². The summed E-state index contributed by atoms with van der Waals surface area (Å²) in [4.78, 5) is 158. The van der Waals surface area contributed by atoms with Crippen LogP contribution in [0, 0.1) is 33.6 Å². The standard InChI is InChI=1S/C20H19N7O3.C20H21N7O2.C16H10ClF3N6O.C15H13N7O/c1-13-23-17(15-4-2-3-7-21-15)25-20(24-13)26-18(28)14-5-6-16(22-12-14)19(29)27-8-10-30-11-9-27;1-12(2)10-23-19(29)16-8-7-14(11-22-16)18(28)27-20-25-13(3)24-17(26-20)15-6-4-5-9-21-15;1-8-22-13(10-4-2-3-7-21-10)25-15(23-8)26-14(27)9-5-6-11(16(18,19)20)24-12(9)17;1-9-19-13(11-6-2-3-7-17-11)21-15(20-9)22-14(23)10-5-4-8-18-12(10)16/h2-7,12H,8-11H2,1H3,(H,23,24,25,26,28);4-9,11-12H,10H2,1-3H3,(H,23,29)(H,24,25,26,27,28);2-7H,1H3,(H,22,23,25,26,27);2-8H,1H3,(H2,16,18)(H,19,20,21,22,23).